The summed E-state index contributed by atoms with van der Waals surface area (Å²) in [6.45, 7) is 3.67. The smallest absolute Gasteiger partial charge is 0.253 e. The van der Waals surface area contributed by atoms with Gasteiger partial charge in [-0.2, -0.15) is 0 Å². The normalized spacial score (nSPS) is 19.8. The van der Waals surface area contributed by atoms with Crippen LogP contribution in [0.1, 0.15) is 23.2 Å². The predicted octanol–water partition coefficient (Wildman–Crippen LogP) is 1.50. The number of benzene rings is 1. The van der Waals surface area contributed by atoms with Gasteiger partial charge in [0.25, 0.3) is 5.91 Å². The molecule has 30 heavy (non-hydrogen) atoms. The maximum Gasteiger partial charge on any atom is 0.253 e. The lowest BCUT2D eigenvalue weighted by Crippen LogP contribution is -2.48. The van der Waals surface area contributed by atoms with E-state index in [1.165, 1.54) is 12.1 Å². The number of hydrogen-bond donors (Lipinski definition) is 1. The summed E-state index contributed by atoms with van der Waals surface area (Å²) in [7, 11) is -3.62. The van der Waals surface area contributed by atoms with Gasteiger partial charge < -0.3 is 14.5 Å². The Hall–Kier alpha value is -2.49. The molecule has 2 saturated heterocycles. The van der Waals surface area contributed by atoms with Crippen LogP contribution in [-0.2, 0) is 14.8 Å². The minimum atomic E-state index is -3.62. The summed E-state index contributed by atoms with van der Waals surface area (Å²) in [4.78, 5) is 21.0. The van der Waals surface area contributed by atoms with Crippen LogP contribution in [-0.4, -0.2) is 69.6 Å². The molecule has 0 bridgehead atoms. The topological polar surface area (TPSA) is 91.8 Å². The lowest BCUT2D eigenvalue weighted by Gasteiger charge is -2.36. The van der Waals surface area contributed by atoms with E-state index < -0.39 is 10.0 Å². The zero-order chi connectivity index (χ0) is 21.0. The van der Waals surface area contributed by atoms with Crippen LogP contribution in [0.25, 0.3) is 0 Å². The quantitative estimate of drug-likeness (QED) is 0.747. The van der Waals surface area contributed by atoms with E-state index in [2.05, 4.69) is 14.6 Å². The second-order valence-corrected chi connectivity index (χ2v) is 9.26. The molecule has 2 aliphatic rings. The Morgan fingerprint density at radius 1 is 1.07 bits per heavy atom. The van der Waals surface area contributed by atoms with E-state index in [9.17, 15) is 13.2 Å². The molecule has 1 aromatic carbocycles. The number of carbonyl (C=O) groups excluding carboxylic acids is 1. The molecule has 160 valence electrons. The molecule has 1 amide bonds. The Bertz CT molecular complexity index is 952. The largest absolute Gasteiger partial charge is 0.377 e. The number of piperazine rings is 1. The van der Waals surface area contributed by atoms with Crippen LogP contribution < -0.4 is 9.62 Å². The molecule has 8 nitrogen and oxygen atoms in total. The maximum absolute atomic E-state index is 12.8. The van der Waals surface area contributed by atoms with Crippen molar-refractivity contribution in [2.75, 3.05) is 44.2 Å². The van der Waals surface area contributed by atoms with Gasteiger partial charge in [-0.1, -0.05) is 0 Å². The molecular weight excluding hydrogens is 404 g/mol. The average Bonchev–Trinajstić information content (AvgIpc) is 3.32. The van der Waals surface area contributed by atoms with Crippen LogP contribution in [0.15, 0.2) is 53.7 Å². The fraction of sp³-hybridized carbons (Fsp3) is 0.429. The molecule has 2 aliphatic heterocycles. The van der Waals surface area contributed by atoms with E-state index in [0.29, 0.717) is 25.3 Å². The van der Waals surface area contributed by atoms with E-state index in [0.717, 1.165) is 31.6 Å². The number of anilines is 1. The summed E-state index contributed by atoms with van der Waals surface area (Å²) < 4.78 is 33.0. The van der Waals surface area contributed by atoms with Crippen molar-refractivity contribution in [2.24, 2.45) is 0 Å². The summed E-state index contributed by atoms with van der Waals surface area (Å²) in [5, 5.41) is 0. The van der Waals surface area contributed by atoms with E-state index in [4.69, 9.17) is 4.74 Å². The van der Waals surface area contributed by atoms with Gasteiger partial charge in [0.1, 0.15) is 0 Å². The number of amides is 1. The second kappa shape index (κ2) is 9.11. The summed E-state index contributed by atoms with van der Waals surface area (Å²) >= 11 is 0. The molecule has 1 unspecified atom stereocenters. The minimum absolute atomic E-state index is 0.0635. The van der Waals surface area contributed by atoms with Crippen molar-refractivity contribution < 1.29 is 17.9 Å². The Kier molecular flexibility index (Phi) is 6.31. The number of nitrogens with zero attached hydrogens (tertiary/aromatic N) is 3. The van der Waals surface area contributed by atoms with Crippen molar-refractivity contribution in [1.29, 1.82) is 0 Å². The lowest BCUT2D eigenvalue weighted by molar-refractivity contribution is 0.0746. The van der Waals surface area contributed by atoms with Crippen LogP contribution in [0.2, 0.25) is 0 Å². The molecule has 3 heterocycles. The van der Waals surface area contributed by atoms with Crippen LogP contribution in [0.5, 0.6) is 0 Å². The SMILES string of the molecule is O=C(c1ccc(S(=O)(=O)NCC2CCCO2)cc1)N1CCN(c2ccncc2)CC1. The van der Waals surface area contributed by atoms with Crippen LogP contribution in [0, 0.1) is 0 Å². The number of pyridine rings is 1. The van der Waals surface area contributed by atoms with Gasteiger partial charge in [0.05, 0.1) is 11.0 Å². The standard InChI is InChI=1S/C21H26N4O4S/c26-21(25-13-11-24(12-14-25)18-7-9-22-10-8-18)17-3-5-20(6-4-17)30(27,28)23-16-19-2-1-15-29-19/h3-10,19,23H,1-2,11-16H2. The molecule has 2 fully saturated rings. The first kappa shape index (κ1) is 20.8. The number of carbonyl (C=O) groups is 1. The fourth-order valence-electron chi connectivity index (χ4n) is 3.77. The zero-order valence-corrected chi connectivity index (χ0v) is 17.6. The van der Waals surface area contributed by atoms with E-state index >= 15 is 0 Å². The van der Waals surface area contributed by atoms with Crippen LogP contribution >= 0.6 is 0 Å². The monoisotopic (exact) mass is 430 g/mol. The molecule has 0 aliphatic carbocycles. The molecule has 1 aromatic heterocycles. The van der Waals surface area contributed by atoms with Gasteiger partial charge in [0.2, 0.25) is 10.0 Å². The van der Waals surface area contributed by atoms with Gasteiger partial charge in [0.15, 0.2) is 0 Å². The number of aromatic nitrogens is 1. The first-order chi connectivity index (χ1) is 14.5. The molecule has 0 saturated carbocycles. The number of ether oxygens (including phenoxy) is 1. The predicted molar refractivity (Wildman–Crippen MR) is 113 cm³/mol. The minimum Gasteiger partial charge on any atom is -0.377 e. The third kappa shape index (κ3) is 4.80. The molecule has 1 atom stereocenters. The maximum atomic E-state index is 12.8. The van der Waals surface area contributed by atoms with Crippen molar-refractivity contribution >= 4 is 21.6 Å². The summed E-state index contributed by atoms with van der Waals surface area (Å²) in [5.41, 5.74) is 1.59. The number of rotatable bonds is 6. The lowest BCUT2D eigenvalue weighted by atomic mass is 10.2. The van der Waals surface area contributed by atoms with Crippen molar-refractivity contribution in [3.05, 3.63) is 54.4 Å². The molecule has 9 heteroatoms. The Balaban J connectivity index is 1.34. The van der Waals surface area contributed by atoms with Crippen molar-refractivity contribution in [2.45, 2.75) is 23.8 Å². The number of nitrogens with one attached hydrogen (secondary N) is 1. The zero-order valence-electron chi connectivity index (χ0n) is 16.7. The highest BCUT2D eigenvalue weighted by Gasteiger charge is 2.24. The summed E-state index contributed by atoms with van der Waals surface area (Å²) in [5.74, 6) is -0.0827. The third-order valence-electron chi connectivity index (χ3n) is 5.53. The van der Waals surface area contributed by atoms with Gasteiger partial charge >= 0.3 is 0 Å². The Labute approximate surface area is 176 Å². The highest BCUT2D eigenvalue weighted by molar-refractivity contribution is 7.89. The van der Waals surface area contributed by atoms with Gasteiger partial charge in [-0.15, -0.1) is 0 Å². The highest BCUT2D eigenvalue weighted by atomic mass is 32.2. The molecule has 2 aromatic rings. The highest BCUT2D eigenvalue weighted by Crippen LogP contribution is 2.18. The summed E-state index contributed by atoms with van der Waals surface area (Å²) in [6, 6.07) is 10.1. The van der Waals surface area contributed by atoms with Gasteiger partial charge in [-0.25, -0.2) is 13.1 Å². The second-order valence-electron chi connectivity index (χ2n) is 7.50. The molecule has 1 N–H and O–H groups in total. The van der Waals surface area contributed by atoms with Gasteiger partial charge in [-0.3, -0.25) is 9.78 Å². The number of sulfonamides is 1. The van der Waals surface area contributed by atoms with Crippen molar-refractivity contribution in [1.82, 2.24) is 14.6 Å². The molecule has 4 rings (SSSR count). The Morgan fingerprint density at radius 2 is 1.77 bits per heavy atom. The Morgan fingerprint density at radius 3 is 2.40 bits per heavy atom. The van der Waals surface area contributed by atoms with Crippen molar-refractivity contribution in [3.8, 4) is 0 Å². The van der Waals surface area contributed by atoms with E-state index in [1.807, 2.05) is 12.1 Å². The van der Waals surface area contributed by atoms with E-state index in [1.54, 1.807) is 29.4 Å². The van der Waals surface area contributed by atoms with Crippen molar-refractivity contribution in [3.63, 3.8) is 0 Å². The van der Waals surface area contributed by atoms with Gasteiger partial charge in [-0.05, 0) is 49.2 Å². The molecule has 0 spiro atoms. The summed E-state index contributed by atoms with van der Waals surface area (Å²) in [6.07, 6.45) is 5.28. The molecular formula is C21H26N4O4S. The van der Waals surface area contributed by atoms with Crippen LogP contribution in [0.4, 0.5) is 5.69 Å². The number of hydrogen-bond acceptors (Lipinski definition) is 6. The van der Waals surface area contributed by atoms with E-state index in [-0.39, 0.29) is 23.5 Å². The molecule has 0 radical (unpaired) electrons. The third-order valence-corrected chi connectivity index (χ3v) is 6.97. The van der Waals surface area contributed by atoms with Gasteiger partial charge in [0, 0.05) is 63.0 Å². The first-order valence-electron chi connectivity index (χ1n) is 10.2. The van der Waals surface area contributed by atoms with Crippen LogP contribution in [0.3, 0.4) is 0 Å². The average molecular weight is 431 g/mol. The fourth-order valence-corrected chi connectivity index (χ4v) is 4.84. The first-order valence-corrected chi connectivity index (χ1v) is 11.7.